The van der Waals surface area contributed by atoms with Crippen LogP contribution in [-0.2, 0) is 0 Å². The van der Waals surface area contributed by atoms with Crippen molar-refractivity contribution in [1.29, 1.82) is 0 Å². The summed E-state index contributed by atoms with van der Waals surface area (Å²) in [5, 5.41) is 11.1. The Labute approximate surface area is 176 Å². The minimum atomic E-state index is -0.111. The molecule has 3 aromatic rings. The molecular weight excluding hydrogens is 397 g/mol. The van der Waals surface area contributed by atoms with Crippen molar-refractivity contribution in [2.45, 2.75) is 18.9 Å². The van der Waals surface area contributed by atoms with Crippen LogP contribution in [0, 0.1) is 0 Å². The van der Waals surface area contributed by atoms with Crippen molar-refractivity contribution >= 4 is 30.7 Å². The second kappa shape index (κ2) is 10.2. The van der Waals surface area contributed by atoms with Gasteiger partial charge < -0.3 is 10.6 Å². The third kappa shape index (κ3) is 4.90. The molecule has 1 saturated heterocycles. The molecule has 28 heavy (non-hydrogen) atoms. The van der Waals surface area contributed by atoms with Gasteiger partial charge in [-0.1, -0.05) is 18.2 Å². The maximum absolute atomic E-state index is 12.8. The van der Waals surface area contributed by atoms with E-state index in [1.54, 1.807) is 23.3 Å². The number of amides is 1. The highest BCUT2D eigenvalue weighted by Gasteiger charge is 2.20. The largest absolute Gasteiger partial charge is 0.350 e. The summed E-state index contributed by atoms with van der Waals surface area (Å²) in [5.74, 6) is -0.111. The first-order valence-electron chi connectivity index (χ1n) is 8.88. The van der Waals surface area contributed by atoms with Crippen molar-refractivity contribution in [1.82, 2.24) is 25.4 Å². The zero-order valence-electron chi connectivity index (χ0n) is 15.2. The summed E-state index contributed by atoms with van der Waals surface area (Å²) in [5.41, 5.74) is 2.93. The highest BCUT2D eigenvalue weighted by molar-refractivity contribution is 5.99. The van der Waals surface area contributed by atoms with Crippen LogP contribution in [0.5, 0.6) is 0 Å². The molecule has 3 heterocycles. The summed E-state index contributed by atoms with van der Waals surface area (Å²) in [7, 11) is 0. The zero-order valence-corrected chi connectivity index (χ0v) is 16.9. The van der Waals surface area contributed by atoms with Gasteiger partial charge in [-0.25, -0.2) is 4.68 Å². The maximum Gasteiger partial charge on any atom is 0.255 e. The van der Waals surface area contributed by atoms with Gasteiger partial charge >= 0.3 is 0 Å². The van der Waals surface area contributed by atoms with Crippen LogP contribution < -0.4 is 10.6 Å². The lowest BCUT2D eigenvalue weighted by atomic mass is 10.1. The Bertz CT molecular complexity index is 880. The van der Waals surface area contributed by atoms with Crippen LogP contribution in [0.4, 0.5) is 0 Å². The van der Waals surface area contributed by atoms with Crippen LogP contribution in [0.15, 0.2) is 61.1 Å². The second-order valence-corrected chi connectivity index (χ2v) is 6.42. The molecule has 0 radical (unpaired) electrons. The van der Waals surface area contributed by atoms with Crippen molar-refractivity contribution in [3.63, 3.8) is 0 Å². The third-order valence-electron chi connectivity index (χ3n) is 4.59. The lowest BCUT2D eigenvalue weighted by Crippen LogP contribution is -2.37. The summed E-state index contributed by atoms with van der Waals surface area (Å²) in [6.45, 7) is 1.65. The second-order valence-electron chi connectivity index (χ2n) is 6.42. The first-order chi connectivity index (χ1) is 12.8. The Balaban J connectivity index is 0.00000140. The van der Waals surface area contributed by atoms with E-state index in [0.29, 0.717) is 23.8 Å². The number of para-hydroxylation sites is 1. The molecule has 8 heteroatoms. The fourth-order valence-electron chi connectivity index (χ4n) is 3.21. The Morgan fingerprint density at radius 2 is 2.00 bits per heavy atom. The molecule has 0 bridgehead atoms. The number of halogens is 2. The number of hydrogen-bond acceptors (Lipinski definition) is 4. The molecule has 6 nitrogen and oxygen atoms in total. The molecule has 1 aromatic carbocycles. The third-order valence-corrected chi connectivity index (χ3v) is 4.59. The molecule has 0 spiro atoms. The molecule has 1 atom stereocenters. The predicted molar refractivity (Wildman–Crippen MR) is 115 cm³/mol. The summed E-state index contributed by atoms with van der Waals surface area (Å²) >= 11 is 0. The highest BCUT2D eigenvalue weighted by atomic mass is 35.5. The SMILES string of the molecule is Cl.Cl.O=C(NCC1CCCN1)c1cn(-c2ccccc2)nc1-c1cccnc1. The smallest absolute Gasteiger partial charge is 0.255 e. The maximum atomic E-state index is 12.8. The average Bonchev–Trinajstić information content (AvgIpc) is 3.37. The van der Waals surface area contributed by atoms with Gasteiger partial charge in [-0.3, -0.25) is 9.78 Å². The lowest BCUT2D eigenvalue weighted by Gasteiger charge is -2.11. The molecule has 1 amide bonds. The van der Waals surface area contributed by atoms with Gasteiger partial charge in [0, 0.05) is 36.7 Å². The van der Waals surface area contributed by atoms with E-state index in [1.807, 2.05) is 42.5 Å². The molecule has 1 aliphatic heterocycles. The van der Waals surface area contributed by atoms with Gasteiger partial charge in [0.1, 0.15) is 5.69 Å². The first kappa shape index (κ1) is 21.9. The quantitative estimate of drug-likeness (QED) is 0.665. The zero-order chi connectivity index (χ0) is 17.8. The number of hydrogen-bond donors (Lipinski definition) is 2. The van der Waals surface area contributed by atoms with Crippen molar-refractivity contribution in [2.24, 2.45) is 0 Å². The summed E-state index contributed by atoms with van der Waals surface area (Å²) in [6.07, 6.45) is 7.48. The van der Waals surface area contributed by atoms with Crippen molar-refractivity contribution in [2.75, 3.05) is 13.1 Å². The van der Waals surface area contributed by atoms with Crippen LogP contribution >= 0.6 is 24.8 Å². The fourth-order valence-corrected chi connectivity index (χ4v) is 3.21. The number of carbonyl (C=O) groups is 1. The van der Waals surface area contributed by atoms with Gasteiger partial charge in [0.15, 0.2) is 0 Å². The molecule has 2 aromatic heterocycles. The fraction of sp³-hybridized carbons (Fsp3) is 0.250. The van der Waals surface area contributed by atoms with E-state index in [4.69, 9.17) is 0 Å². The molecule has 4 rings (SSSR count). The van der Waals surface area contributed by atoms with E-state index >= 15 is 0 Å². The van der Waals surface area contributed by atoms with Gasteiger partial charge in [-0.2, -0.15) is 5.10 Å². The molecule has 0 saturated carbocycles. The molecule has 148 valence electrons. The van der Waals surface area contributed by atoms with E-state index in [-0.39, 0.29) is 30.7 Å². The van der Waals surface area contributed by atoms with Crippen LogP contribution in [0.2, 0.25) is 0 Å². The van der Waals surface area contributed by atoms with Crippen LogP contribution in [0.1, 0.15) is 23.2 Å². The number of rotatable bonds is 5. The molecular formula is C20H23Cl2N5O. The standard InChI is InChI=1S/C20H21N5O.2ClH/c26-20(23-13-16-7-5-11-22-16)18-14-25(17-8-2-1-3-9-17)24-19(18)15-6-4-10-21-12-15;;/h1-4,6,8-10,12,14,16,22H,5,7,11,13H2,(H,23,26);2*1H. The molecule has 2 N–H and O–H groups in total. The predicted octanol–water partition coefficient (Wildman–Crippen LogP) is 3.26. The van der Waals surface area contributed by atoms with Gasteiger partial charge in [0.05, 0.1) is 11.3 Å². The average molecular weight is 420 g/mol. The van der Waals surface area contributed by atoms with E-state index in [0.717, 1.165) is 30.6 Å². The van der Waals surface area contributed by atoms with E-state index in [2.05, 4.69) is 20.7 Å². The van der Waals surface area contributed by atoms with Crippen molar-refractivity contribution < 1.29 is 4.79 Å². The minimum Gasteiger partial charge on any atom is -0.350 e. The Kier molecular flexibility index (Phi) is 7.99. The minimum absolute atomic E-state index is 0. The van der Waals surface area contributed by atoms with Gasteiger partial charge in [-0.15, -0.1) is 24.8 Å². The first-order valence-corrected chi connectivity index (χ1v) is 8.88. The Hall–Kier alpha value is -2.41. The number of pyridine rings is 1. The molecule has 1 unspecified atom stereocenters. The van der Waals surface area contributed by atoms with E-state index in [9.17, 15) is 4.79 Å². The number of nitrogens with zero attached hydrogens (tertiary/aromatic N) is 3. The molecule has 0 aliphatic carbocycles. The molecule has 1 fully saturated rings. The number of aromatic nitrogens is 3. The van der Waals surface area contributed by atoms with Crippen molar-refractivity contribution in [3.8, 4) is 16.9 Å². The van der Waals surface area contributed by atoms with Crippen LogP contribution in [-0.4, -0.2) is 39.8 Å². The Morgan fingerprint density at radius 3 is 2.68 bits per heavy atom. The highest BCUT2D eigenvalue weighted by Crippen LogP contribution is 2.23. The number of nitrogens with one attached hydrogen (secondary N) is 2. The van der Waals surface area contributed by atoms with Gasteiger partial charge in [-0.05, 0) is 43.7 Å². The van der Waals surface area contributed by atoms with E-state index in [1.165, 1.54) is 0 Å². The van der Waals surface area contributed by atoms with Crippen molar-refractivity contribution in [3.05, 3.63) is 66.6 Å². The van der Waals surface area contributed by atoms with Crippen LogP contribution in [0.3, 0.4) is 0 Å². The monoisotopic (exact) mass is 419 g/mol. The summed E-state index contributed by atoms with van der Waals surface area (Å²) in [6, 6.07) is 13.9. The van der Waals surface area contributed by atoms with Crippen LogP contribution in [0.25, 0.3) is 16.9 Å². The Morgan fingerprint density at radius 1 is 1.18 bits per heavy atom. The molecule has 1 aliphatic rings. The normalized spacial score (nSPS) is 15.4. The number of carbonyl (C=O) groups excluding carboxylic acids is 1. The lowest BCUT2D eigenvalue weighted by molar-refractivity contribution is 0.0951. The summed E-state index contributed by atoms with van der Waals surface area (Å²) < 4.78 is 1.74. The van der Waals surface area contributed by atoms with Gasteiger partial charge in [0.2, 0.25) is 0 Å². The van der Waals surface area contributed by atoms with E-state index < -0.39 is 0 Å². The summed E-state index contributed by atoms with van der Waals surface area (Å²) in [4.78, 5) is 17.0. The topological polar surface area (TPSA) is 71.8 Å². The van der Waals surface area contributed by atoms with Gasteiger partial charge in [0.25, 0.3) is 5.91 Å². The number of benzene rings is 1.